The minimum atomic E-state index is -0.477. The quantitative estimate of drug-likeness (QED) is 0.614. The summed E-state index contributed by atoms with van der Waals surface area (Å²) in [4.78, 5) is 25.2. The Morgan fingerprint density at radius 3 is 2.62 bits per heavy atom. The Hall–Kier alpha value is -2.97. The Kier molecular flexibility index (Phi) is 5.46. The standard InChI is InChI=1S/C21H21FN2O5/c1-27-20(25)15-4-7-18-19(10-15)24(12-17-13-28-8-9-29-17)21(26)23(18)11-14-2-5-16(22)6-3-14/h2-7,10,17H,8-9,11-13H2,1H3/t17-/m1/s1. The number of hydrogen-bond donors (Lipinski definition) is 0. The van der Waals surface area contributed by atoms with Crippen LogP contribution in [0.4, 0.5) is 4.39 Å². The number of rotatable bonds is 5. The first-order valence-electron chi connectivity index (χ1n) is 9.32. The Labute approximate surface area is 166 Å². The molecule has 1 aliphatic rings. The van der Waals surface area contributed by atoms with Gasteiger partial charge in [0.15, 0.2) is 0 Å². The second kappa shape index (κ2) is 8.18. The van der Waals surface area contributed by atoms with Gasteiger partial charge in [-0.15, -0.1) is 0 Å². The number of benzene rings is 2. The number of aromatic nitrogens is 2. The minimum absolute atomic E-state index is 0.236. The van der Waals surface area contributed by atoms with Gasteiger partial charge >= 0.3 is 11.7 Å². The molecule has 0 unspecified atom stereocenters. The highest BCUT2D eigenvalue weighted by Crippen LogP contribution is 2.19. The van der Waals surface area contributed by atoms with Gasteiger partial charge in [0.25, 0.3) is 0 Å². The van der Waals surface area contributed by atoms with Gasteiger partial charge in [0.2, 0.25) is 0 Å². The number of nitrogens with zero attached hydrogens (tertiary/aromatic N) is 2. The zero-order chi connectivity index (χ0) is 20.4. The predicted octanol–water partition coefficient (Wildman–Crippen LogP) is 2.19. The van der Waals surface area contributed by atoms with E-state index in [1.54, 1.807) is 39.5 Å². The topological polar surface area (TPSA) is 71.7 Å². The Bertz CT molecular complexity index is 1080. The number of methoxy groups -OCH3 is 1. The Morgan fingerprint density at radius 1 is 1.14 bits per heavy atom. The first kappa shape index (κ1) is 19.4. The summed E-state index contributed by atoms with van der Waals surface area (Å²) in [5.74, 6) is -0.810. The summed E-state index contributed by atoms with van der Waals surface area (Å²) in [6, 6.07) is 11.0. The van der Waals surface area contributed by atoms with E-state index in [0.29, 0.717) is 43.0 Å². The zero-order valence-electron chi connectivity index (χ0n) is 16.0. The monoisotopic (exact) mass is 400 g/mol. The van der Waals surface area contributed by atoms with Crippen LogP contribution in [-0.4, -0.2) is 48.1 Å². The van der Waals surface area contributed by atoms with E-state index < -0.39 is 5.97 Å². The summed E-state index contributed by atoms with van der Waals surface area (Å²) >= 11 is 0. The molecule has 2 aromatic carbocycles. The van der Waals surface area contributed by atoms with Gasteiger partial charge in [-0.25, -0.2) is 14.0 Å². The van der Waals surface area contributed by atoms with Crippen LogP contribution < -0.4 is 5.69 Å². The van der Waals surface area contributed by atoms with Crippen molar-refractivity contribution in [1.29, 1.82) is 0 Å². The summed E-state index contributed by atoms with van der Waals surface area (Å²) in [5.41, 5.74) is 2.19. The molecular weight excluding hydrogens is 379 g/mol. The van der Waals surface area contributed by atoms with Crippen molar-refractivity contribution in [3.05, 3.63) is 69.9 Å². The van der Waals surface area contributed by atoms with E-state index in [1.165, 1.54) is 19.2 Å². The highest BCUT2D eigenvalue weighted by atomic mass is 19.1. The molecule has 3 aromatic rings. The maximum Gasteiger partial charge on any atom is 0.337 e. The van der Waals surface area contributed by atoms with Crippen molar-refractivity contribution in [2.75, 3.05) is 26.9 Å². The van der Waals surface area contributed by atoms with Crippen LogP contribution in [0.3, 0.4) is 0 Å². The molecule has 2 heterocycles. The van der Waals surface area contributed by atoms with E-state index in [0.717, 1.165) is 5.56 Å². The van der Waals surface area contributed by atoms with E-state index in [2.05, 4.69) is 0 Å². The molecule has 1 fully saturated rings. The molecule has 0 aliphatic carbocycles. The smallest absolute Gasteiger partial charge is 0.337 e. The summed E-state index contributed by atoms with van der Waals surface area (Å²) in [5, 5.41) is 0. The number of esters is 1. The molecule has 0 N–H and O–H groups in total. The molecule has 0 saturated carbocycles. The maximum absolute atomic E-state index is 13.2. The first-order chi connectivity index (χ1) is 14.1. The predicted molar refractivity (Wildman–Crippen MR) is 104 cm³/mol. The van der Waals surface area contributed by atoms with Crippen LogP contribution >= 0.6 is 0 Å². The number of fused-ring (bicyclic) bond motifs is 1. The van der Waals surface area contributed by atoms with E-state index >= 15 is 0 Å². The fourth-order valence-electron chi connectivity index (χ4n) is 3.51. The van der Waals surface area contributed by atoms with Crippen molar-refractivity contribution in [3.8, 4) is 0 Å². The lowest BCUT2D eigenvalue weighted by atomic mass is 10.2. The largest absolute Gasteiger partial charge is 0.465 e. The van der Waals surface area contributed by atoms with Crippen molar-refractivity contribution >= 4 is 17.0 Å². The lowest BCUT2D eigenvalue weighted by Gasteiger charge is -2.23. The van der Waals surface area contributed by atoms with Gasteiger partial charge in [0, 0.05) is 0 Å². The average molecular weight is 400 g/mol. The van der Waals surface area contributed by atoms with Gasteiger partial charge in [-0.3, -0.25) is 9.13 Å². The van der Waals surface area contributed by atoms with Crippen molar-refractivity contribution in [2.45, 2.75) is 19.2 Å². The van der Waals surface area contributed by atoms with Crippen LogP contribution in [0.15, 0.2) is 47.3 Å². The zero-order valence-corrected chi connectivity index (χ0v) is 16.0. The molecule has 1 aromatic heterocycles. The van der Waals surface area contributed by atoms with Gasteiger partial charge in [-0.2, -0.15) is 0 Å². The molecule has 1 aliphatic heterocycles. The van der Waals surface area contributed by atoms with Crippen molar-refractivity contribution < 1.29 is 23.4 Å². The van der Waals surface area contributed by atoms with Crippen LogP contribution in [0.25, 0.3) is 11.0 Å². The number of carbonyl (C=O) groups excluding carboxylic acids is 1. The summed E-state index contributed by atoms with van der Waals surface area (Å²) in [7, 11) is 1.31. The highest BCUT2D eigenvalue weighted by Gasteiger charge is 2.21. The third-order valence-electron chi connectivity index (χ3n) is 4.97. The third-order valence-corrected chi connectivity index (χ3v) is 4.97. The summed E-state index contributed by atoms with van der Waals surface area (Å²) < 4.78 is 32.4. The molecule has 1 atom stereocenters. The molecule has 0 spiro atoms. The lowest BCUT2D eigenvalue weighted by molar-refractivity contribution is -0.0935. The van der Waals surface area contributed by atoms with Crippen molar-refractivity contribution in [3.63, 3.8) is 0 Å². The second-order valence-corrected chi connectivity index (χ2v) is 6.87. The van der Waals surface area contributed by atoms with Crippen LogP contribution in [0.5, 0.6) is 0 Å². The van der Waals surface area contributed by atoms with E-state index in [9.17, 15) is 14.0 Å². The van der Waals surface area contributed by atoms with Crippen LogP contribution in [0.1, 0.15) is 15.9 Å². The normalized spacial score (nSPS) is 16.8. The number of ether oxygens (including phenoxy) is 3. The van der Waals surface area contributed by atoms with Gasteiger partial charge in [0.05, 0.1) is 62.7 Å². The fraction of sp³-hybridized carbons (Fsp3) is 0.333. The molecule has 0 radical (unpaired) electrons. The number of imidazole rings is 1. The second-order valence-electron chi connectivity index (χ2n) is 6.87. The van der Waals surface area contributed by atoms with Gasteiger partial charge in [-0.05, 0) is 35.9 Å². The minimum Gasteiger partial charge on any atom is -0.465 e. The lowest BCUT2D eigenvalue weighted by Crippen LogP contribution is -2.36. The molecule has 0 bridgehead atoms. The average Bonchev–Trinajstić information content (AvgIpc) is 3.00. The van der Waals surface area contributed by atoms with E-state index in [4.69, 9.17) is 14.2 Å². The van der Waals surface area contributed by atoms with E-state index in [1.807, 2.05) is 0 Å². The molecule has 29 heavy (non-hydrogen) atoms. The number of carbonyl (C=O) groups is 1. The molecule has 0 amide bonds. The molecule has 8 heteroatoms. The fourth-order valence-corrected chi connectivity index (χ4v) is 3.51. The molecular formula is C21H21FN2O5. The van der Waals surface area contributed by atoms with Crippen molar-refractivity contribution in [1.82, 2.24) is 9.13 Å². The molecule has 152 valence electrons. The molecule has 1 saturated heterocycles. The van der Waals surface area contributed by atoms with Gasteiger partial charge in [-0.1, -0.05) is 12.1 Å². The van der Waals surface area contributed by atoms with Gasteiger partial charge in [0.1, 0.15) is 5.82 Å². The molecule has 7 nitrogen and oxygen atoms in total. The van der Waals surface area contributed by atoms with Crippen LogP contribution in [0.2, 0.25) is 0 Å². The first-order valence-corrected chi connectivity index (χ1v) is 9.32. The van der Waals surface area contributed by atoms with Crippen LogP contribution in [-0.2, 0) is 27.3 Å². The maximum atomic E-state index is 13.2. The van der Waals surface area contributed by atoms with Crippen molar-refractivity contribution in [2.24, 2.45) is 0 Å². The third kappa shape index (κ3) is 3.94. The SMILES string of the molecule is COC(=O)c1ccc2c(c1)n(C[C@@H]1COCCO1)c(=O)n2Cc1ccc(F)cc1. The number of hydrogen-bond acceptors (Lipinski definition) is 5. The Balaban J connectivity index is 1.79. The van der Waals surface area contributed by atoms with Gasteiger partial charge < -0.3 is 14.2 Å². The summed E-state index contributed by atoms with van der Waals surface area (Å²) in [6.45, 7) is 1.98. The number of halogens is 1. The van der Waals surface area contributed by atoms with E-state index in [-0.39, 0.29) is 24.2 Å². The summed E-state index contributed by atoms with van der Waals surface area (Å²) in [6.07, 6.45) is -0.256. The Morgan fingerprint density at radius 2 is 1.93 bits per heavy atom. The molecule has 4 rings (SSSR count). The van der Waals surface area contributed by atoms with Crippen LogP contribution in [0, 0.1) is 5.82 Å². The highest BCUT2D eigenvalue weighted by molar-refractivity contribution is 5.93.